The van der Waals surface area contributed by atoms with Crippen LogP contribution in [0, 0.1) is 10.1 Å². The molecule has 4 rings (SSSR count). The van der Waals surface area contributed by atoms with E-state index in [-0.39, 0.29) is 37.6 Å². The maximum absolute atomic E-state index is 13.3. The summed E-state index contributed by atoms with van der Waals surface area (Å²) in [4.78, 5) is 48.5. The van der Waals surface area contributed by atoms with E-state index in [1.54, 1.807) is 6.92 Å². The molecule has 14 nitrogen and oxygen atoms in total. The predicted octanol–water partition coefficient (Wildman–Crippen LogP) is 0.221. The van der Waals surface area contributed by atoms with E-state index in [4.69, 9.17) is 9.47 Å². The van der Waals surface area contributed by atoms with E-state index in [1.807, 2.05) is 0 Å². The summed E-state index contributed by atoms with van der Waals surface area (Å²) in [6.07, 6.45) is 0.949. The molecule has 0 radical (unpaired) electrons. The lowest BCUT2D eigenvalue weighted by Crippen LogP contribution is -2.58. The van der Waals surface area contributed by atoms with Gasteiger partial charge in [-0.15, -0.1) is 5.10 Å². The molecule has 3 heterocycles. The molecule has 0 N–H and O–H groups in total. The zero-order valence-electron chi connectivity index (χ0n) is 18.7. The summed E-state index contributed by atoms with van der Waals surface area (Å²) >= 11 is 0. The molecule has 186 valence electrons. The Morgan fingerprint density at radius 3 is 2.54 bits per heavy atom. The van der Waals surface area contributed by atoms with Crippen LogP contribution >= 0.6 is 0 Å². The number of amides is 1. The molecule has 2 fully saturated rings. The van der Waals surface area contributed by atoms with Gasteiger partial charge in [0.25, 0.3) is 5.69 Å². The van der Waals surface area contributed by atoms with Crippen molar-refractivity contribution in [1.82, 2.24) is 19.9 Å². The number of nitrogens with zero attached hydrogens (tertiary/aromatic N) is 5. The minimum Gasteiger partial charge on any atom is -0.461 e. The third kappa shape index (κ3) is 4.00. The molecule has 1 aromatic heterocycles. The molecular weight excluding hydrogens is 486 g/mol. The summed E-state index contributed by atoms with van der Waals surface area (Å²) in [6.45, 7) is 2.38. The fourth-order valence-electron chi connectivity index (χ4n) is 4.21. The topological polar surface area (TPSA) is 181 Å². The highest BCUT2D eigenvalue weighted by Crippen LogP contribution is 2.47. The number of esters is 2. The highest BCUT2D eigenvalue weighted by molar-refractivity contribution is 7.93. The molecular formula is C20H21N5O9S. The van der Waals surface area contributed by atoms with Gasteiger partial charge in [0, 0.05) is 12.1 Å². The average Bonchev–Trinajstić information content (AvgIpc) is 3.32. The summed E-state index contributed by atoms with van der Waals surface area (Å²) in [5.41, 5.74) is 0.161. The van der Waals surface area contributed by atoms with E-state index in [1.165, 1.54) is 37.4 Å². The summed E-state index contributed by atoms with van der Waals surface area (Å²) in [7, 11) is -4.05. The lowest BCUT2D eigenvalue weighted by atomic mass is 9.96. The minimum atomic E-state index is -4.05. The van der Waals surface area contributed by atoms with Crippen molar-refractivity contribution in [2.75, 3.05) is 6.61 Å². The monoisotopic (exact) mass is 507 g/mol. The Hall–Kier alpha value is -3.88. The van der Waals surface area contributed by atoms with Crippen LogP contribution in [0.15, 0.2) is 30.5 Å². The van der Waals surface area contributed by atoms with Crippen molar-refractivity contribution in [2.45, 2.75) is 49.6 Å². The van der Waals surface area contributed by atoms with Gasteiger partial charge in [0.1, 0.15) is 16.7 Å². The van der Waals surface area contributed by atoms with Gasteiger partial charge in [-0.25, -0.2) is 22.7 Å². The Balaban J connectivity index is 1.58. The summed E-state index contributed by atoms with van der Waals surface area (Å²) in [5, 5.41) is 17.1. The van der Waals surface area contributed by atoms with Crippen LogP contribution in [-0.4, -0.2) is 73.9 Å². The largest absolute Gasteiger partial charge is 0.461 e. The quantitative estimate of drug-likeness (QED) is 0.206. The van der Waals surface area contributed by atoms with Gasteiger partial charge < -0.3 is 14.4 Å². The molecule has 0 spiro atoms. The number of sulfone groups is 1. The molecule has 35 heavy (non-hydrogen) atoms. The third-order valence-electron chi connectivity index (χ3n) is 6.06. The molecule has 0 unspecified atom stereocenters. The van der Waals surface area contributed by atoms with Crippen molar-refractivity contribution < 1.29 is 37.2 Å². The van der Waals surface area contributed by atoms with Crippen molar-refractivity contribution in [2.24, 2.45) is 0 Å². The predicted molar refractivity (Wildman–Crippen MR) is 115 cm³/mol. The Bertz CT molecular complexity index is 1310. The van der Waals surface area contributed by atoms with Crippen LogP contribution in [0.25, 0.3) is 0 Å². The van der Waals surface area contributed by atoms with Crippen molar-refractivity contribution in [1.29, 1.82) is 0 Å². The van der Waals surface area contributed by atoms with Gasteiger partial charge in [-0.05, 0) is 31.5 Å². The molecule has 1 aromatic carbocycles. The Morgan fingerprint density at radius 2 is 1.94 bits per heavy atom. The smallest absolute Gasteiger partial charge is 0.360 e. The Morgan fingerprint density at radius 1 is 1.26 bits per heavy atom. The van der Waals surface area contributed by atoms with Crippen LogP contribution in [0.3, 0.4) is 0 Å². The molecule has 0 bridgehead atoms. The van der Waals surface area contributed by atoms with Crippen LogP contribution in [0.4, 0.5) is 5.69 Å². The molecule has 15 heteroatoms. The lowest BCUT2D eigenvalue weighted by molar-refractivity contribution is -0.384. The number of carbonyl (C=O) groups is 3. The van der Waals surface area contributed by atoms with Crippen molar-refractivity contribution in [3.05, 3.63) is 51.8 Å². The van der Waals surface area contributed by atoms with Crippen LogP contribution in [-0.2, 0) is 42.1 Å². The first-order chi connectivity index (χ1) is 16.5. The standard InChI is InChI=1S/C20H21N5O9S/c1-3-33-18(27)14-9-23(22-21-14)11-20(2)17(24-15(26)8-16(24)35(20,31)32)19(28)34-10-12-4-6-13(7-5-12)25(29)30/h4-7,9,16-17H,3,8,10-11H2,1-2H3/t16-,17-,20-/m0/s1. The first-order valence-corrected chi connectivity index (χ1v) is 12.1. The number of β-lactam (4-membered cyclic amide) rings is 1. The summed E-state index contributed by atoms with van der Waals surface area (Å²) in [5.74, 6) is -2.20. The summed E-state index contributed by atoms with van der Waals surface area (Å²) in [6, 6.07) is 3.83. The molecule has 2 aromatic rings. The third-order valence-corrected chi connectivity index (χ3v) is 8.83. The second kappa shape index (κ2) is 8.72. The number of nitro groups is 1. The average molecular weight is 507 g/mol. The van der Waals surface area contributed by atoms with Gasteiger partial charge in [0.2, 0.25) is 5.91 Å². The first-order valence-electron chi connectivity index (χ1n) is 10.5. The fourth-order valence-corrected chi connectivity index (χ4v) is 6.57. The number of hydrogen-bond donors (Lipinski definition) is 0. The van der Waals surface area contributed by atoms with Crippen molar-refractivity contribution in [3.63, 3.8) is 0 Å². The fraction of sp³-hybridized carbons (Fsp3) is 0.450. The maximum Gasteiger partial charge on any atom is 0.360 e. The zero-order valence-corrected chi connectivity index (χ0v) is 19.5. The minimum absolute atomic E-state index is 0.110. The molecule has 2 aliphatic rings. The zero-order chi connectivity index (χ0) is 25.5. The van der Waals surface area contributed by atoms with E-state index in [0.717, 1.165) is 9.58 Å². The van der Waals surface area contributed by atoms with E-state index >= 15 is 0 Å². The number of nitro benzene ring substituents is 1. The number of fused-ring (bicyclic) bond motifs is 1. The number of rotatable bonds is 8. The van der Waals surface area contributed by atoms with Gasteiger partial charge in [0.05, 0.1) is 30.7 Å². The molecule has 0 aliphatic carbocycles. The number of carbonyl (C=O) groups excluding carboxylic acids is 3. The summed E-state index contributed by atoms with van der Waals surface area (Å²) < 4.78 is 36.1. The Labute approximate surface area is 198 Å². The number of benzene rings is 1. The number of ether oxygens (including phenoxy) is 2. The van der Waals surface area contributed by atoms with E-state index < -0.39 is 48.8 Å². The normalized spacial score (nSPS) is 24.4. The van der Waals surface area contributed by atoms with E-state index in [2.05, 4.69) is 10.3 Å². The number of aromatic nitrogens is 3. The van der Waals surface area contributed by atoms with Crippen LogP contribution < -0.4 is 0 Å². The van der Waals surface area contributed by atoms with Gasteiger partial charge in [-0.1, -0.05) is 5.21 Å². The SMILES string of the molecule is CCOC(=O)c1cn(C[C@@]2(C)[C@H](C(=O)OCc3ccc([N+](=O)[O-])cc3)N3C(=O)C[C@@H]3S2(=O)=O)nn1. The van der Waals surface area contributed by atoms with Crippen LogP contribution in [0.5, 0.6) is 0 Å². The molecule has 2 saturated heterocycles. The van der Waals surface area contributed by atoms with Crippen molar-refractivity contribution >= 4 is 33.4 Å². The maximum atomic E-state index is 13.3. The van der Waals surface area contributed by atoms with Gasteiger partial charge >= 0.3 is 11.9 Å². The molecule has 2 aliphatic heterocycles. The van der Waals surface area contributed by atoms with E-state index in [9.17, 15) is 32.9 Å². The highest BCUT2D eigenvalue weighted by atomic mass is 32.2. The van der Waals surface area contributed by atoms with Crippen molar-refractivity contribution in [3.8, 4) is 0 Å². The number of hydrogen-bond acceptors (Lipinski definition) is 11. The number of non-ortho nitro benzene ring substituents is 1. The molecule has 3 atom stereocenters. The van der Waals surface area contributed by atoms with Gasteiger partial charge in [-0.2, -0.15) is 0 Å². The second-order valence-electron chi connectivity index (χ2n) is 8.27. The highest BCUT2D eigenvalue weighted by Gasteiger charge is 2.70. The first kappa shape index (κ1) is 24.3. The Kier molecular flexibility index (Phi) is 6.04. The van der Waals surface area contributed by atoms with Gasteiger partial charge in [-0.3, -0.25) is 14.9 Å². The van der Waals surface area contributed by atoms with Crippen LogP contribution in [0.1, 0.15) is 36.3 Å². The molecule has 1 amide bonds. The second-order valence-corrected chi connectivity index (χ2v) is 10.8. The van der Waals surface area contributed by atoms with E-state index in [0.29, 0.717) is 5.56 Å². The lowest BCUT2D eigenvalue weighted by Gasteiger charge is -2.36. The molecule has 0 saturated carbocycles. The van der Waals surface area contributed by atoms with Crippen LogP contribution in [0.2, 0.25) is 0 Å². The van der Waals surface area contributed by atoms with Gasteiger partial charge in [0.15, 0.2) is 21.6 Å².